The van der Waals surface area contributed by atoms with E-state index in [0.29, 0.717) is 12.5 Å². The molecular weight excluding hydrogens is 282 g/mol. The molecule has 0 aromatic rings. The summed E-state index contributed by atoms with van der Waals surface area (Å²) in [5.74, 6) is 0.296. The summed E-state index contributed by atoms with van der Waals surface area (Å²) in [7, 11) is 0. The Morgan fingerprint density at radius 3 is 2.36 bits per heavy atom. The van der Waals surface area contributed by atoms with Gasteiger partial charge >= 0.3 is 12.1 Å². The molecule has 1 N–H and O–H groups in total. The van der Waals surface area contributed by atoms with Gasteiger partial charge in [0.25, 0.3) is 0 Å². The number of rotatable bonds is 5. The third-order valence-electron chi connectivity index (χ3n) is 3.58. The lowest BCUT2D eigenvalue weighted by Crippen LogP contribution is -2.40. The van der Waals surface area contributed by atoms with Gasteiger partial charge in [0.05, 0.1) is 6.61 Å². The Morgan fingerprint density at radius 1 is 1.18 bits per heavy atom. The van der Waals surface area contributed by atoms with E-state index >= 15 is 0 Å². The predicted molar refractivity (Wildman–Crippen MR) is 85.5 cm³/mol. The van der Waals surface area contributed by atoms with Gasteiger partial charge in [0.2, 0.25) is 0 Å². The van der Waals surface area contributed by atoms with Crippen LogP contribution in [0.4, 0.5) is 4.79 Å². The van der Waals surface area contributed by atoms with Crippen molar-refractivity contribution in [2.24, 2.45) is 5.92 Å². The molecule has 1 saturated carbocycles. The van der Waals surface area contributed by atoms with Gasteiger partial charge in [-0.1, -0.05) is 6.08 Å². The molecule has 0 unspecified atom stereocenters. The second-order valence-corrected chi connectivity index (χ2v) is 6.75. The zero-order valence-corrected chi connectivity index (χ0v) is 14.2. The number of carbonyl (C=O) groups excluding carboxylic acids is 2. The van der Waals surface area contributed by atoms with Crippen molar-refractivity contribution < 1.29 is 19.1 Å². The van der Waals surface area contributed by atoms with Crippen LogP contribution in [-0.2, 0) is 14.3 Å². The predicted octanol–water partition coefficient (Wildman–Crippen LogP) is 3.58. The summed E-state index contributed by atoms with van der Waals surface area (Å²) in [4.78, 5) is 22.9. The summed E-state index contributed by atoms with van der Waals surface area (Å²) >= 11 is 0. The molecule has 1 rings (SSSR count). The Balaban J connectivity index is 2.23. The fraction of sp³-hybridized carbons (Fsp3) is 0.765. The molecule has 0 radical (unpaired) electrons. The van der Waals surface area contributed by atoms with Gasteiger partial charge in [-0.3, -0.25) is 0 Å². The average Bonchev–Trinajstić information content (AvgIpc) is 2.39. The highest BCUT2D eigenvalue weighted by Crippen LogP contribution is 2.27. The van der Waals surface area contributed by atoms with Crippen LogP contribution < -0.4 is 5.32 Å². The Morgan fingerprint density at radius 2 is 1.82 bits per heavy atom. The van der Waals surface area contributed by atoms with Crippen molar-refractivity contribution in [3.05, 3.63) is 12.2 Å². The third kappa shape index (κ3) is 8.05. The lowest BCUT2D eigenvalue weighted by Gasteiger charge is -2.29. The van der Waals surface area contributed by atoms with Gasteiger partial charge in [-0.25, -0.2) is 9.59 Å². The first-order valence-corrected chi connectivity index (χ1v) is 8.13. The number of hydrogen-bond donors (Lipinski definition) is 1. The molecule has 126 valence electrons. The minimum absolute atomic E-state index is 0.195. The standard InChI is InChI=1S/C17H29NO4/c1-5-21-15(19)8-6-7-13-9-11-14(12-10-13)18-16(20)22-17(2,3)4/h6,8,13-14H,5,7,9-12H2,1-4H3,(H,18,20)/b8-6+. The zero-order chi connectivity index (χ0) is 16.6. The van der Waals surface area contributed by atoms with Crippen LogP contribution in [0.15, 0.2) is 12.2 Å². The quantitative estimate of drug-likeness (QED) is 0.622. The number of alkyl carbamates (subject to hydrolysis) is 1. The zero-order valence-electron chi connectivity index (χ0n) is 14.2. The van der Waals surface area contributed by atoms with E-state index in [1.165, 1.54) is 6.08 Å². The molecule has 0 aromatic heterocycles. The maximum absolute atomic E-state index is 11.7. The molecule has 0 aliphatic heterocycles. The smallest absolute Gasteiger partial charge is 0.407 e. The van der Waals surface area contributed by atoms with Crippen LogP contribution in [0.25, 0.3) is 0 Å². The Labute approximate surface area is 133 Å². The number of allylic oxidation sites excluding steroid dienone is 1. The van der Waals surface area contributed by atoms with Crippen molar-refractivity contribution >= 4 is 12.1 Å². The van der Waals surface area contributed by atoms with Gasteiger partial charge in [-0.15, -0.1) is 0 Å². The monoisotopic (exact) mass is 311 g/mol. The molecule has 1 amide bonds. The number of nitrogens with one attached hydrogen (secondary N) is 1. The first-order chi connectivity index (χ1) is 10.3. The van der Waals surface area contributed by atoms with E-state index in [-0.39, 0.29) is 18.1 Å². The van der Waals surface area contributed by atoms with Crippen molar-refractivity contribution in [3.8, 4) is 0 Å². The summed E-state index contributed by atoms with van der Waals surface area (Å²) in [6.45, 7) is 7.79. The first-order valence-electron chi connectivity index (χ1n) is 8.13. The van der Waals surface area contributed by atoms with E-state index in [4.69, 9.17) is 9.47 Å². The number of amides is 1. The number of carbonyl (C=O) groups is 2. The van der Waals surface area contributed by atoms with Gasteiger partial charge in [-0.2, -0.15) is 0 Å². The molecule has 0 spiro atoms. The summed E-state index contributed by atoms with van der Waals surface area (Å²) in [6, 6.07) is 0.195. The summed E-state index contributed by atoms with van der Waals surface area (Å²) in [6.07, 6.45) is 7.96. The minimum atomic E-state index is -0.459. The molecule has 1 fully saturated rings. The van der Waals surface area contributed by atoms with Gasteiger partial charge in [-0.05, 0) is 65.7 Å². The molecule has 1 aliphatic carbocycles. The molecule has 0 aromatic carbocycles. The number of esters is 1. The van der Waals surface area contributed by atoms with Gasteiger partial charge < -0.3 is 14.8 Å². The summed E-state index contributed by atoms with van der Waals surface area (Å²) in [5.41, 5.74) is -0.459. The lowest BCUT2D eigenvalue weighted by molar-refractivity contribution is -0.137. The number of ether oxygens (including phenoxy) is 2. The van der Waals surface area contributed by atoms with Crippen molar-refractivity contribution in [1.29, 1.82) is 0 Å². The summed E-state index contributed by atoms with van der Waals surface area (Å²) in [5, 5.41) is 2.93. The molecule has 22 heavy (non-hydrogen) atoms. The second kappa shape index (κ2) is 8.81. The normalized spacial score (nSPS) is 22.4. The highest BCUT2D eigenvalue weighted by molar-refractivity contribution is 5.81. The Bertz CT molecular complexity index is 390. The van der Waals surface area contributed by atoms with Gasteiger partial charge in [0, 0.05) is 12.1 Å². The number of hydrogen-bond acceptors (Lipinski definition) is 4. The van der Waals surface area contributed by atoms with E-state index in [9.17, 15) is 9.59 Å². The van der Waals surface area contributed by atoms with Gasteiger partial charge in [0.15, 0.2) is 0 Å². The highest BCUT2D eigenvalue weighted by atomic mass is 16.6. The maximum Gasteiger partial charge on any atom is 0.407 e. The fourth-order valence-electron chi connectivity index (χ4n) is 2.56. The maximum atomic E-state index is 11.7. The fourth-order valence-corrected chi connectivity index (χ4v) is 2.56. The van der Waals surface area contributed by atoms with E-state index in [1.54, 1.807) is 6.92 Å². The molecule has 0 heterocycles. The van der Waals surface area contributed by atoms with Crippen molar-refractivity contribution in [1.82, 2.24) is 5.32 Å². The van der Waals surface area contributed by atoms with Crippen molar-refractivity contribution in [3.63, 3.8) is 0 Å². The average molecular weight is 311 g/mol. The van der Waals surface area contributed by atoms with Crippen LogP contribution in [0.2, 0.25) is 0 Å². The van der Waals surface area contributed by atoms with E-state index in [1.807, 2.05) is 26.8 Å². The van der Waals surface area contributed by atoms with Crippen LogP contribution in [0, 0.1) is 5.92 Å². The SMILES string of the molecule is CCOC(=O)/C=C/CC1CCC(NC(=O)OC(C)(C)C)CC1. The Kier molecular flexibility index (Phi) is 7.42. The molecule has 5 heteroatoms. The van der Waals surface area contributed by atoms with Crippen molar-refractivity contribution in [2.45, 2.75) is 71.4 Å². The molecule has 0 saturated heterocycles. The van der Waals surface area contributed by atoms with Crippen LogP contribution in [0.1, 0.15) is 59.8 Å². The lowest BCUT2D eigenvalue weighted by atomic mass is 9.84. The van der Waals surface area contributed by atoms with Crippen LogP contribution >= 0.6 is 0 Å². The summed E-state index contributed by atoms with van der Waals surface area (Å²) < 4.78 is 10.1. The first kappa shape index (κ1) is 18.5. The highest BCUT2D eigenvalue weighted by Gasteiger charge is 2.24. The van der Waals surface area contributed by atoms with Crippen LogP contribution in [-0.4, -0.2) is 30.3 Å². The molecule has 0 atom stereocenters. The largest absolute Gasteiger partial charge is 0.463 e. The van der Waals surface area contributed by atoms with Crippen LogP contribution in [0.3, 0.4) is 0 Å². The molecule has 1 aliphatic rings. The third-order valence-corrected chi connectivity index (χ3v) is 3.58. The second-order valence-electron chi connectivity index (χ2n) is 6.75. The van der Waals surface area contributed by atoms with E-state index in [2.05, 4.69) is 5.32 Å². The van der Waals surface area contributed by atoms with E-state index in [0.717, 1.165) is 32.1 Å². The topological polar surface area (TPSA) is 64.6 Å². The Hall–Kier alpha value is -1.52. The molecule has 5 nitrogen and oxygen atoms in total. The van der Waals surface area contributed by atoms with Crippen molar-refractivity contribution in [2.75, 3.05) is 6.61 Å². The van der Waals surface area contributed by atoms with E-state index < -0.39 is 5.60 Å². The van der Waals surface area contributed by atoms with Gasteiger partial charge in [0.1, 0.15) is 5.60 Å². The minimum Gasteiger partial charge on any atom is -0.463 e. The molecule has 0 bridgehead atoms. The van der Waals surface area contributed by atoms with Crippen LogP contribution in [0.5, 0.6) is 0 Å². The molecular formula is C17H29NO4.